The van der Waals surface area contributed by atoms with E-state index in [0.717, 1.165) is 23.0 Å². The molecule has 0 bridgehead atoms. The summed E-state index contributed by atoms with van der Waals surface area (Å²) in [7, 11) is 0. The van der Waals surface area contributed by atoms with Gasteiger partial charge in [0.25, 0.3) is 0 Å². The van der Waals surface area contributed by atoms with Crippen LogP contribution in [-0.4, -0.2) is 4.98 Å². The van der Waals surface area contributed by atoms with Crippen LogP contribution in [0.4, 0.5) is 0 Å². The highest BCUT2D eigenvalue weighted by Gasteiger charge is 2.06. The average Bonchev–Trinajstić information content (AvgIpc) is 2.27. The molecule has 0 amide bonds. The number of H-pyrrole nitrogens is 1. The van der Waals surface area contributed by atoms with Crippen LogP contribution in [0.25, 0.3) is 10.9 Å². The van der Waals surface area contributed by atoms with Crippen molar-refractivity contribution in [3.05, 3.63) is 45.7 Å². The number of nitrogens with one attached hydrogen (secondary N) is 1. The van der Waals surface area contributed by atoms with E-state index in [1.165, 1.54) is 5.56 Å². The summed E-state index contributed by atoms with van der Waals surface area (Å²) in [4.78, 5) is 15.1. The van der Waals surface area contributed by atoms with Gasteiger partial charge in [0.2, 0.25) is 0 Å². The maximum absolute atomic E-state index is 11.8. The van der Waals surface area contributed by atoms with Gasteiger partial charge in [-0.2, -0.15) is 0 Å². The molecule has 0 saturated heterocycles. The van der Waals surface area contributed by atoms with E-state index in [1.807, 2.05) is 19.1 Å². The first-order valence-corrected chi connectivity index (χ1v) is 5.75. The molecule has 2 nitrogen and oxygen atoms in total. The molecule has 2 heteroatoms. The number of fused-ring (bicyclic) bond motifs is 1. The maximum Gasteiger partial charge on any atom is 0.189 e. The number of aryl methyl sites for hydroxylation is 1. The Morgan fingerprint density at radius 1 is 1.31 bits per heavy atom. The molecule has 0 aliphatic carbocycles. The number of rotatable bonds is 2. The van der Waals surface area contributed by atoms with Crippen LogP contribution in [0.15, 0.2) is 29.1 Å². The molecule has 1 heterocycles. The van der Waals surface area contributed by atoms with Gasteiger partial charge < -0.3 is 4.98 Å². The van der Waals surface area contributed by atoms with E-state index >= 15 is 0 Å². The second-order valence-electron chi connectivity index (χ2n) is 4.43. The molecule has 1 atom stereocenters. The Hall–Kier alpha value is -1.57. The lowest BCUT2D eigenvalue weighted by atomic mass is 9.97. The highest BCUT2D eigenvalue weighted by molar-refractivity contribution is 5.79. The first-order valence-electron chi connectivity index (χ1n) is 5.75. The van der Waals surface area contributed by atoms with E-state index in [-0.39, 0.29) is 5.43 Å². The van der Waals surface area contributed by atoms with Crippen LogP contribution in [0.1, 0.15) is 37.4 Å². The van der Waals surface area contributed by atoms with Crippen molar-refractivity contribution < 1.29 is 0 Å². The molecule has 1 unspecified atom stereocenters. The molecule has 16 heavy (non-hydrogen) atoms. The average molecular weight is 215 g/mol. The van der Waals surface area contributed by atoms with Gasteiger partial charge in [0, 0.05) is 22.7 Å². The Morgan fingerprint density at radius 2 is 2.06 bits per heavy atom. The number of aromatic nitrogens is 1. The Kier molecular flexibility index (Phi) is 2.82. The van der Waals surface area contributed by atoms with Crippen molar-refractivity contribution in [2.24, 2.45) is 0 Å². The minimum atomic E-state index is 0.108. The van der Waals surface area contributed by atoms with Crippen molar-refractivity contribution >= 4 is 10.9 Å². The summed E-state index contributed by atoms with van der Waals surface area (Å²) in [6, 6.07) is 7.78. The van der Waals surface area contributed by atoms with Crippen LogP contribution < -0.4 is 5.43 Å². The fourth-order valence-corrected chi connectivity index (χ4v) is 1.94. The highest BCUT2D eigenvalue weighted by atomic mass is 16.1. The molecule has 0 fully saturated rings. The van der Waals surface area contributed by atoms with E-state index in [4.69, 9.17) is 0 Å². The molecular weight excluding hydrogens is 198 g/mol. The van der Waals surface area contributed by atoms with Crippen molar-refractivity contribution in [2.75, 3.05) is 0 Å². The molecule has 0 saturated carbocycles. The normalized spacial score (nSPS) is 12.9. The summed E-state index contributed by atoms with van der Waals surface area (Å²) in [5, 5.41) is 0.795. The van der Waals surface area contributed by atoms with Gasteiger partial charge in [-0.05, 0) is 37.0 Å². The summed E-state index contributed by atoms with van der Waals surface area (Å²) in [6.45, 7) is 6.25. The molecule has 2 aromatic rings. The van der Waals surface area contributed by atoms with Crippen LogP contribution in [0.3, 0.4) is 0 Å². The first-order chi connectivity index (χ1) is 7.61. The van der Waals surface area contributed by atoms with E-state index in [9.17, 15) is 4.79 Å². The van der Waals surface area contributed by atoms with Gasteiger partial charge >= 0.3 is 0 Å². The van der Waals surface area contributed by atoms with Gasteiger partial charge in [0.15, 0.2) is 5.43 Å². The predicted octanol–water partition coefficient (Wildman–Crippen LogP) is 3.35. The van der Waals surface area contributed by atoms with Gasteiger partial charge in [0.1, 0.15) is 0 Å². The molecule has 1 N–H and O–H groups in total. The molecule has 0 spiro atoms. The van der Waals surface area contributed by atoms with Gasteiger partial charge in [0.05, 0.1) is 0 Å². The zero-order valence-corrected chi connectivity index (χ0v) is 10.0. The number of aromatic amines is 1. The van der Waals surface area contributed by atoms with E-state index in [2.05, 4.69) is 24.9 Å². The first kappa shape index (κ1) is 10.9. The van der Waals surface area contributed by atoms with Crippen molar-refractivity contribution in [1.82, 2.24) is 4.98 Å². The quantitative estimate of drug-likeness (QED) is 0.818. The van der Waals surface area contributed by atoms with Crippen molar-refractivity contribution in [3.8, 4) is 0 Å². The maximum atomic E-state index is 11.8. The molecule has 1 aromatic carbocycles. The van der Waals surface area contributed by atoms with Crippen molar-refractivity contribution in [3.63, 3.8) is 0 Å². The lowest BCUT2D eigenvalue weighted by Crippen LogP contribution is -2.04. The summed E-state index contributed by atoms with van der Waals surface area (Å²) < 4.78 is 0. The number of pyridine rings is 1. The van der Waals surface area contributed by atoms with Crippen LogP contribution in [0.5, 0.6) is 0 Å². The van der Waals surface area contributed by atoms with Crippen LogP contribution >= 0.6 is 0 Å². The van der Waals surface area contributed by atoms with Gasteiger partial charge in [-0.3, -0.25) is 4.79 Å². The van der Waals surface area contributed by atoms with Crippen LogP contribution in [0.2, 0.25) is 0 Å². The SMILES string of the molecule is CCC(C)c1ccc2[nH]c(C)cc(=O)c2c1. The fourth-order valence-electron chi connectivity index (χ4n) is 1.94. The van der Waals surface area contributed by atoms with E-state index in [1.54, 1.807) is 6.07 Å². The lowest BCUT2D eigenvalue weighted by Gasteiger charge is -2.09. The third kappa shape index (κ3) is 1.87. The molecule has 0 radical (unpaired) electrons. The topological polar surface area (TPSA) is 32.9 Å². The molecule has 0 aliphatic rings. The minimum absolute atomic E-state index is 0.108. The second-order valence-corrected chi connectivity index (χ2v) is 4.43. The molecule has 1 aromatic heterocycles. The summed E-state index contributed by atoms with van der Waals surface area (Å²) >= 11 is 0. The summed E-state index contributed by atoms with van der Waals surface area (Å²) in [5.41, 5.74) is 3.19. The number of hydrogen-bond donors (Lipinski definition) is 1. The number of hydrogen-bond acceptors (Lipinski definition) is 1. The van der Waals surface area contributed by atoms with Crippen LogP contribution in [0, 0.1) is 6.92 Å². The van der Waals surface area contributed by atoms with Crippen molar-refractivity contribution in [2.45, 2.75) is 33.1 Å². The molecular formula is C14H17NO. The highest BCUT2D eigenvalue weighted by Crippen LogP contribution is 2.21. The van der Waals surface area contributed by atoms with Gasteiger partial charge in [-0.1, -0.05) is 19.9 Å². The molecule has 0 aliphatic heterocycles. The monoisotopic (exact) mass is 215 g/mol. The van der Waals surface area contributed by atoms with Crippen molar-refractivity contribution in [1.29, 1.82) is 0 Å². The Labute approximate surface area is 95.3 Å². The summed E-state index contributed by atoms with van der Waals surface area (Å²) in [6.07, 6.45) is 1.09. The van der Waals surface area contributed by atoms with E-state index in [0.29, 0.717) is 5.92 Å². The fraction of sp³-hybridized carbons (Fsp3) is 0.357. The third-order valence-electron chi connectivity index (χ3n) is 3.17. The number of benzene rings is 1. The largest absolute Gasteiger partial charge is 0.358 e. The van der Waals surface area contributed by atoms with Gasteiger partial charge in [-0.25, -0.2) is 0 Å². The van der Waals surface area contributed by atoms with Gasteiger partial charge in [-0.15, -0.1) is 0 Å². The zero-order chi connectivity index (χ0) is 11.7. The summed E-state index contributed by atoms with van der Waals surface area (Å²) in [5.74, 6) is 0.505. The second kappa shape index (κ2) is 4.12. The Balaban J connectivity index is 2.67. The van der Waals surface area contributed by atoms with E-state index < -0.39 is 0 Å². The standard InChI is InChI=1S/C14H17NO/c1-4-9(2)11-5-6-13-12(8-11)14(16)7-10(3)15-13/h5-9H,4H2,1-3H3,(H,15,16). The zero-order valence-electron chi connectivity index (χ0n) is 10.0. The smallest absolute Gasteiger partial charge is 0.189 e. The minimum Gasteiger partial charge on any atom is -0.358 e. The predicted molar refractivity (Wildman–Crippen MR) is 68.0 cm³/mol. The lowest BCUT2D eigenvalue weighted by molar-refractivity contribution is 0.734. The van der Waals surface area contributed by atoms with Crippen LogP contribution in [-0.2, 0) is 0 Å². The molecule has 84 valence electrons. The Morgan fingerprint density at radius 3 is 2.75 bits per heavy atom. The third-order valence-corrected chi connectivity index (χ3v) is 3.17. The molecule has 2 rings (SSSR count). The Bertz CT molecular complexity index is 568.